The van der Waals surface area contributed by atoms with E-state index in [-0.39, 0.29) is 0 Å². The topological polar surface area (TPSA) is 16.1 Å². The van der Waals surface area contributed by atoms with Gasteiger partial charge in [-0.15, -0.1) is 0 Å². The van der Waals surface area contributed by atoms with Crippen LogP contribution in [0.1, 0.15) is 43.5 Å². The molecule has 0 spiro atoms. The van der Waals surface area contributed by atoms with Gasteiger partial charge in [-0.1, -0.05) is 19.9 Å². The van der Waals surface area contributed by atoms with E-state index in [1.165, 1.54) is 16.8 Å². The Morgan fingerprint density at radius 1 is 1.14 bits per heavy atom. The van der Waals surface area contributed by atoms with Gasteiger partial charge in [-0.05, 0) is 78.0 Å². The first-order valence-electron chi connectivity index (χ1n) is 7.44. The van der Waals surface area contributed by atoms with Gasteiger partial charge in [0.2, 0.25) is 0 Å². The van der Waals surface area contributed by atoms with Gasteiger partial charge in [0.25, 0.3) is 0 Å². The Balaban J connectivity index is 2.46. The number of nitrogens with zero attached hydrogens (tertiary/aromatic N) is 2. The van der Waals surface area contributed by atoms with E-state index in [1.54, 1.807) is 0 Å². The van der Waals surface area contributed by atoms with E-state index in [4.69, 9.17) is 0 Å². The second-order valence-corrected chi connectivity index (χ2v) is 6.61. The minimum Gasteiger partial charge on any atom is -0.326 e. The summed E-state index contributed by atoms with van der Waals surface area (Å²) < 4.78 is 1.12. The lowest BCUT2D eigenvalue weighted by molar-refractivity contribution is 0.864. The maximum absolute atomic E-state index is 4.69. The van der Waals surface area contributed by atoms with Crippen molar-refractivity contribution >= 4 is 27.4 Å². The summed E-state index contributed by atoms with van der Waals surface area (Å²) in [6.45, 7) is 11.6. The zero-order valence-corrected chi connectivity index (χ0v) is 15.0. The standard InChI is InChI=1S/C18H23BrN2/c1-6-21(18-10-13(4)9-14(5)20-18)17-8-7-15(12(2)3)11-16(17)19/h7-12H,6H2,1-5H3. The lowest BCUT2D eigenvalue weighted by Gasteiger charge is -2.25. The van der Waals surface area contributed by atoms with Gasteiger partial charge >= 0.3 is 0 Å². The van der Waals surface area contributed by atoms with Crippen molar-refractivity contribution in [1.29, 1.82) is 0 Å². The highest BCUT2D eigenvalue weighted by Gasteiger charge is 2.14. The molecular weight excluding hydrogens is 324 g/mol. The van der Waals surface area contributed by atoms with Crippen molar-refractivity contribution in [3.8, 4) is 0 Å². The molecule has 0 N–H and O–H groups in total. The fourth-order valence-corrected chi connectivity index (χ4v) is 3.13. The van der Waals surface area contributed by atoms with Crippen LogP contribution < -0.4 is 4.90 Å². The zero-order chi connectivity index (χ0) is 15.6. The number of aromatic nitrogens is 1. The van der Waals surface area contributed by atoms with Gasteiger partial charge in [0.05, 0.1) is 5.69 Å². The third-order valence-electron chi connectivity index (χ3n) is 3.61. The Kier molecular flexibility index (Phi) is 5.04. The smallest absolute Gasteiger partial charge is 0.133 e. The summed E-state index contributed by atoms with van der Waals surface area (Å²) in [7, 11) is 0. The molecule has 1 heterocycles. The van der Waals surface area contributed by atoms with Crippen molar-refractivity contribution in [2.75, 3.05) is 11.4 Å². The van der Waals surface area contributed by atoms with Crippen LogP contribution in [-0.2, 0) is 0 Å². The summed E-state index contributed by atoms with van der Waals surface area (Å²) >= 11 is 3.72. The van der Waals surface area contributed by atoms with E-state index in [2.05, 4.69) is 83.8 Å². The number of halogens is 1. The summed E-state index contributed by atoms with van der Waals surface area (Å²) in [4.78, 5) is 6.93. The molecule has 0 aliphatic heterocycles. The number of hydrogen-bond acceptors (Lipinski definition) is 2. The minimum atomic E-state index is 0.532. The average Bonchev–Trinajstić information content (AvgIpc) is 2.40. The molecule has 0 saturated carbocycles. The number of pyridine rings is 1. The number of rotatable bonds is 4. The maximum atomic E-state index is 4.69. The number of benzene rings is 1. The van der Waals surface area contributed by atoms with Gasteiger partial charge in [0, 0.05) is 16.7 Å². The zero-order valence-electron chi connectivity index (χ0n) is 13.4. The molecule has 2 rings (SSSR count). The molecule has 1 aromatic carbocycles. The predicted octanol–water partition coefficient (Wildman–Crippen LogP) is 5.74. The Labute approximate surface area is 136 Å². The molecule has 0 saturated heterocycles. The second-order valence-electron chi connectivity index (χ2n) is 5.75. The average molecular weight is 347 g/mol. The van der Waals surface area contributed by atoms with Gasteiger partial charge in [-0.2, -0.15) is 0 Å². The second kappa shape index (κ2) is 6.61. The first kappa shape index (κ1) is 16.0. The fraction of sp³-hybridized carbons (Fsp3) is 0.389. The third-order valence-corrected chi connectivity index (χ3v) is 4.24. The molecule has 0 aliphatic carbocycles. The van der Waals surface area contributed by atoms with Crippen LogP contribution in [0.2, 0.25) is 0 Å². The van der Waals surface area contributed by atoms with Crippen LogP contribution in [0.4, 0.5) is 11.5 Å². The van der Waals surface area contributed by atoms with Crippen molar-refractivity contribution in [3.05, 3.63) is 51.6 Å². The van der Waals surface area contributed by atoms with Crippen molar-refractivity contribution in [2.45, 2.75) is 40.5 Å². The largest absolute Gasteiger partial charge is 0.326 e. The minimum absolute atomic E-state index is 0.532. The van der Waals surface area contributed by atoms with E-state index in [1.807, 2.05) is 6.92 Å². The van der Waals surface area contributed by atoms with Crippen molar-refractivity contribution < 1.29 is 0 Å². The molecule has 2 nitrogen and oxygen atoms in total. The van der Waals surface area contributed by atoms with Crippen molar-refractivity contribution in [3.63, 3.8) is 0 Å². The van der Waals surface area contributed by atoms with Crippen LogP contribution in [0.3, 0.4) is 0 Å². The Hall–Kier alpha value is -1.35. The molecule has 21 heavy (non-hydrogen) atoms. The van der Waals surface area contributed by atoms with E-state index in [9.17, 15) is 0 Å². The van der Waals surface area contributed by atoms with Crippen LogP contribution in [0.5, 0.6) is 0 Å². The maximum Gasteiger partial charge on any atom is 0.133 e. The monoisotopic (exact) mass is 346 g/mol. The molecule has 0 unspecified atom stereocenters. The predicted molar refractivity (Wildman–Crippen MR) is 94.6 cm³/mol. The van der Waals surface area contributed by atoms with Crippen LogP contribution in [0.15, 0.2) is 34.8 Å². The number of hydrogen-bond donors (Lipinski definition) is 0. The van der Waals surface area contributed by atoms with Crippen molar-refractivity contribution in [1.82, 2.24) is 4.98 Å². The van der Waals surface area contributed by atoms with Crippen molar-refractivity contribution in [2.24, 2.45) is 0 Å². The molecule has 0 aliphatic rings. The van der Waals surface area contributed by atoms with Gasteiger partial charge in [0.15, 0.2) is 0 Å². The molecule has 1 aromatic heterocycles. The first-order chi connectivity index (χ1) is 9.92. The van der Waals surface area contributed by atoms with E-state index in [0.29, 0.717) is 5.92 Å². The molecular formula is C18H23BrN2. The normalized spacial score (nSPS) is 11.0. The summed E-state index contributed by atoms with van der Waals surface area (Å²) in [5.41, 5.74) is 4.80. The lowest BCUT2D eigenvalue weighted by Crippen LogP contribution is -2.18. The molecule has 3 heteroatoms. The first-order valence-corrected chi connectivity index (χ1v) is 8.24. The van der Waals surface area contributed by atoms with Gasteiger partial charge in [0.1, 0.15) is 5.82 Å². The summed E-state index contributed by atoms with van der Waals surface area (Å²) in [5.74, 6) is 1.54. The Bertz CT molecular complexity index is 615. The lowest BCUT2D eigenvalue weighted by atomic mass is 10.0. The van der Waals surface area contributed by atoms with Crippen LogP contribution in [0, 0.1) is 13.8 Å². The highest BCUT2D eigenvalue weighted by Crippen LogP contribution is 2.33. The van der Waals surface area contributed by atoms with Crippen LogP contribution in [0.25, 0.3) is 0 Å². The highest BCUT2D eigenvalue weighted by molar-refractivity contribution is 9.10. The summed E-state index contributed by atoms with van der Waals surface area (Å²) in [6.07, 6.45) is 0. The molecule has 0 atom stereocenters. The molecule has 2 aromatic rings. The molecule has 0 fully saturated rings. The Morgan fingerprint density at radius 2 is 1.86 bits per heavy atom. The molecule has 0 amide bonds. The van der Waals surface area contributed by atoms with Gasteiger partial charge < -0.3 is 4.90 Å². The highest BCUT2D eigenvalue weighted by atomic mass is 79.9. The SMILES string of the molecule is CCN(c1cc(C)cc(C)n1)c1ccc(C(C)C)cc1Br. The van der Waals surface area contributed by atoms with E-state index < -0.39 is 0 Å². The molecule has 0 bridgehead atoms. The summed E-state index contributed by atoms with van der Waals surface area (Å²) in [5, 5.41) is 0. The number of anilines is 2. The van der Waals surface area contributed by atoms with E-state index in [0.717, 1.165) is 22.5 Å². The van der Waals surface area contributed by atoms with Gasteiger partial charge in [-0.25, -0.2) is 4.98 Å². The van der Waals surface area contributed by atoms with Gasteiger partial charge in [-0.3, -0.25) is 0 Å². The summed E-state index contributed by atoms with van der Waals surface area (Å²) in [6, 6.07) is 10.8. The van der Waals surface area contributed by atoms with Crippen LogP contribution >= 0.6 is 15.9 Å². The fourth-order valence-electron chi connectivity index (χ4n) is 2.52. The quantitative estimate of drug-likeness (QED) is 0.701. The molecule has 112 valence electrons. The molecule has 0 radical (unpaired) electrons. The Morgan fingerprint density at radius 3 is 2.38 bits per heavy atom. The van der Waals surface area contributed by atoms with E-state index >= 15 is 0 Å². The third kappa shape index (κ3) is 3.65. The number of aryl methyl sites for hydroxylation is 2. The van der Waals surface area contributed by atoms with Crippen LogP contribution in [-0.4, -0.2) is 11.5 Å².